The third-order valence-corrected chi connectivity index (χ3v) is 3.23. The highest BCUT2D eigenvalue weighted by Gasteiger charge is 2.41. The van der Waals surface area contributed by atoms with Gasteiger partial charge in [0.25, 0.3) is 0 Å². The van der Waals surface area contributed by atoms with Crippen molar-refractivity contribution in [1.29, 1.82) is 0 Å². The van der Waals surface area contributed by atoms with Crippen LogP contribution in [0.2, 0.25) is 0 Å². The Morgan fingerprint density at radius 3 is 2.29 bits per heavy atom. The summed E-state index contributed by atoms with van der Waals surface area (Å²) in [5, 5.41) is 9.57. The molecule has 0 aromatic heterocycles. The van der Waals surface area contributed by atoms with Gasteiger partial charge >= 0.3 is 0 Å². The molecule has 0 amide bonds. The van der Waals surface area contributed by atoms with Crippen LogP contribution in [0.5, 0.6) is 0 Å². The van der Waals surface area contributed by atoms with Crippen LogP contribution in [-0.4, -0.2) is 40.8 Å². The van der Waals surface area contributed by atoms with E-state index in [-0.39, 0.29) is 5.54 Å². The van der Waals surface area contributed by atoms with Crippen molar-refractivity contribution in [2.75, 3.05) is 19.6 Å². The van der Waals surface area contributed by atoms with Crippen LogP contribution in [0.15, 0.2) is 0 Å². The zero-order valence-electron chi connectivity index (χ0n) is 9.88. The van der Waals surface area contributed by atoms with E-state index < -0.39 is 5.60 Å². The van der Waals surface area contributed by atoms with E-state index in [4.69, 9.17) is 5.73 Å². The van der Waals surface area contributed by atoms with Crippen LogP contribution in [-0.2, 0) is 0 Å². The second-order valence-electron chi connectivity index (χ2n) is 5.66. The van der Waals surface area contributed by atoms with Crippen molar-refractivity contribution in [3.05, 3.63) is 0 Å². The standard InChI is InChI=1S/C11H24N2O/c1-9(2)11(12)7-13(8-11)6-5-10(3,4)14/h9,14H,5-8,12H2,1-4H3. The Morgan fingerprint density at radius 1 is 1.43 bits per heavy atom. The predicted molar refractivity (Wildman–Crippen MR) is 59.1 cm³/mol. The van der Waals surface area contributed by atoms with Gasteiger partial charge in [-0.1, -0.05) is 13.8 Å². The monoisotopic (exact) mass is 200 g/mol. The molecule has 3 heteroatoms. The number of nitrogens with zero attached hydrogens (tertiary/aromatic N) is 1. The molecule has 1 saturated heterocycles. The molecule has 1 rings (SSSR count). The van der Waals surface area contributed by atoms with Crippen molar-refractivity contribution in [2.24, 2.45) is 11.7 Å². The number of likely N-dealkylation sites (tertiary alicyclic amines) is 1. The number of hydrogen-bond acceptors (Lipinski definition) is 3. The van der Waals surface area contributed by atoms with Crippen LogP contribution in [0.4, 0.5) is 0 Å². The molecule has 0 saturated carbocycles. The van der Waals surface area contributed by atoms with Crippen molar-refractivity contribution in [1.82, 2.24) is 4.90 Å². The van der Waals surface area contributed by atoms with Crippen molar-refractivity contribution in [3.8, 4) is 0 Å². The molecule has 1 aliphatic heterocycles. The van der Waals surface area contributed by atoms with Crippen LogP contribution in [0.1, 0.15) is 34.1 Å². The van der Waals surface area contributed by atoms with Gasteiger partial charge in [-0.15, -0.1) is 0 Å². The van der Waals surface area contributed by atoms with Gasteiger partial charge in [-0.05, 0) is 26.2 Å². The van der Waals surface area contributed by atoms with Crippen molar-refractivity contribution in [2.45, 2.75) is 45.3 Å². The maximum atomic E-state index is 9.57. The average molecular weight is 200 g/mol. The highest BCUT2D eigenvalue weighted by atomic mass is 16.3. The Kier molecular flexibility index (Phi) is 3.24. The van der Waals surface area contributed by atoms with Crippen LogP contribution in [0, 0.1) is 5.92 Å². The van der Waals surface area contributed by atoms with Crippen LogP contribution < -0.4 is 5.73 Å². The minimum atomic E-state index is -0.551. The zero-order valence-corrected chi connectivity index (χ0v) is 9.88. The molecular formula is C11H24N2O. The molecule has 0 aliphatic carbocycles. The van der Waals surface area contributed by atoms with Crippen molar-refractivity contribution < 1.29 is 5.11 Å². The van der Waals surface area contributed by atoms with Gasteiger partial charge in [0.05, 0.1) is 5.60 Å². The molecule has 3 N–H and O–H groups in total. The third kappa shape index (κ3) is 2.94. The molecule has 1 heterocycles. The summed E-state index contributed by atoms with van der Waals surface area (Å²) < 4.78 is 0. The van der Waals surface area contributed by atoms with Gasteiger partial charge in [0, 0.05) is 25.2 Å². The molecule has 0 radical (unpaired) electrons. The lowest BCUT2D eigenvalue weighted by atomic mass is 9.80. The van der Waals surface area contributed by atoms with Gasteiger partial charge in [-0.3, -0.25) is 4.90 Å². The number of aliphatic hydroxyl groups is 1. The second kappa shape index (κ2) is 3.80. The summed E-state index contributed by atoms with van der Waals surface area (Å²) in [6.45, 7) is 11.0. The van der Waals surface area contributed by atoms with Crippen molar-refractivity contribution in [3.63, 3.8) is 0 Å². The highest BCUT2D eigenvalue weighted by molar-refractivity contribution is 5.02. The van der Waals surface area contributed by atoms with Gasteiger partial charge in [0.2, 0.25) is 0 Å². The van der Waals surface area contributed by atoms with E-state index in [1.165, 1.54) is 0 Å². The minimum absolute atomic E-state index is 0.0135. The summed E-state index contributed by atoms with van der Waals surface area (Å²) in [6.07, 6.45) is 0.821. The van der Waals surface area contributed by atoms with E-state index in [0.29, 0.717) is 5.92 Å². The summed E-state index contributed by atoms with van der Waals surface area (Å²) in [7, 11) is 0. The summed E-state index contributed by atoms with van der Waals surface area (Å²) >= 11 is 0. The number of nitrogens with two attached hydrogens (primary N) is 1. The van der Waals surface area contributed by atoms with E-state index in [0.717, 1.165) is 26.1 Å². The van der Waals surface area contributed by atoms with Crippen LogP contribution in [0.25, 0.3) is 0 Å². The third-order valence-electron chi connectivity index (χ3n) is 3.23. The lowest BCUT2D eigenvalue weighted by Crippen LogP contribution is -2.70. The normalized spacial score (nSPS) is 22.5. The van der Waals surface area contributed by atoms with E-state index in [1.54, 1.807) is 0 Å². The van der Waals surface area contributed by atoms with Crippen LogP contribution >= 0.6 is 0 Å². The van der Waals surface area contributed by atoms with Gasteiger partial charge in [0.1, 0.15) is 0 Å². The summed E-state index contributed by atoms with van der Waals surface area (Å²) in [6, 6.07) is 0. The quantitative estimate of drug-likeness (QED) is 0.706. The van der Waals surface area contributed by atoms with Gasteiger partial charge in [-0.2, -0.15) is 0 Å². The molecule has 0 aromatic rings. The second-order valence-corrected chi connectivity index (χ2v) is 5.66. The minimum Gasteiger partial charge on any atom is -0.390 e. The zero-order chi connectivity index (χ0) is 11.0. The topological polar surface area (TPSA) is 49.5 Å². The Morgan fingerprint density at radius 2 is 1.93 bits per heavy atom. The van der Waals surface area contributed by atoms with Crippen LogP contribution in [0.3, 0.4) is 0 Å². The molecule has 3 nitrogen and oxygen atoms in total. The Labute approximate surface area is 87.3 Å². The first kappa shape index (κ1) is 12.0. The fourth-order valence-electron chi connectivity index (χ4n) is 1.74. The SMILES string of the molecule is CC(C)C1(N)CN(CCC(C)(C)O)C1. The molecule has 0 spiro atoms. The molecule has 0 aromatic carbocycles. The smallest absolute Gasteiger partial charge is 0.0603 e. The predicted octanol–water partition coefficient (Wildman–Crippen LogP) is 0.816. The van der Waals surface area contributed by atoms with Crippen molar-refractivity contribution >= 4 is 0 Å². The van der Waals surface area contributed by atoms with Gasteiger partial charge < -0.3 is 10.8 Å². The van der Waals surface area contributed by atoms with E-state index in [9.17, 15) is 5.11 Å². The average Bonchev–Trinajstić information content (AvgIpc) is 1.93. The first-order valence-corrected chi connectivity index (χ1v) is 5.47. The Hall–Kier alpha value is -0.120. The molecule has 84 valence electrons. The fourth-order valence-corrected chi connectivity index (χ4v) is 1.74. The number of rotatable bonds is 4. The first-order valence-electron chi connectivity index (χ1n) is 5.47. The summed E-state index contributed by atoms with van der Waals surface area (Å²) in [5.41, 5.74) is 5.63. The molecule has 0 unspecified atom stereocenters. The lowest BCUT2D eigenvalue weighted by molar-refractivity contribution is 0.00500. The fraction of sp³-hybridized carbons (Fsp3) is 1.00. The largest absolute Gasteiger partial charge is 0.390 e. The maximum Gasteiger partial charge on any atom is 0.0603 e. The van der Waals surface area contributed by atoms with Gasteiger partial charge in [0.15, 0.2) is 0 Å². The molecule has 0 atom stereocenters. The van der Waals surface area contributed by atoms with E-state index >= 15 is 0 Å². The molecule has 1 fully saturated rings. The molecule has 1 aliphatic rings. The molecular weight excluding hydrogens is 176 g/mol. The van der Waals surface area contributed by atoms with E-state index in [2.05, 4.69) is 18.7 Å². The molecule has 0 bridgehead atoms. The maximum absolute atomic E-state index is 9.57. The Balaban J connectivity index is 2.22. The number of hydrogen-bond donors (Lipinski definition) is 2. The highest BCUT2D eigenvalue weighted by Crippen LogP contribution is 2.26. The van der Waals surface area contributed by atoms with Gasteiger partial charge in [-0.25, -0.2) is 0 Å². The summed E-state index contributed by atoms with van der Waals surface area (Å²) in [5.74, 6) is 0.542. The molecule has 14 heavy (non-hydrogen) atoms. The Bertz CT molecular complexity index is 190. The lowest BCUT2D eigenvalue weighted by Gasteiger charge is -2.51. The summed E-state index contributed by atoms with van der Waals surface area (Å²) in [4.78, 5) is 2.32. The van der Waals surface area contributed by atoms with E-state index in [1.807, 2.05) is 13.8 Å². The first-order chi connectivity index (χ1) is 6.23.